The molecule has 0 fully saturated rings. The summed E-state index contributed by atoms with van der Waals surface area (Å²) in [7, 11) is -3.76. The Kier molecular flexibility index (Phi) is 6.90. The van der Waals surface area contributed by atoms with Gasteiger partial charge in [0.1, 0.15) is 4.21 Å². The van der Waals surface area contributed by atoms with Crippen LogP contribution in [-0.2, 0) is 26.0 Å². The van der Waals surface area contributed by atoms with Gasteiger partial charge >= 0.3 is 5.97 Å². The highest BCUT2D eigenvalue weighted by molar-refractivity contribution is 9.10. The molecular weight excluding hydrogens is 514 g/mol. The number of benzene rings is 2. The van der Waals surface area contributed by atoms with Crippen molar-refractivity contribution in [2.45, 2.75) is 23.1 Å². The van der Waals surface area contributed by atoms with E-state index in [-0.39, 0.29) is 23.0 Å². The highest BCUT2D eigenvalue weighted by Gasteiger charge is 2.38. The Bertz CT molecular complexity index is 1220. The maximum atomic E-state index is 13.3. The zero-order chi connectivity index (χ0) is 22.7. The number of ketones is 1. The van der Waals surface area contributed by atoms with Gasteiger partial charge in [-0.15, -0.1) is 11.3 Å². The van der Waals surface area contributed by atoms with Gasteiger partial charge in [-0.2, -0.15) is 4.31 Å². The predicted molar refractivity (Wildman–Crippen MR) is 125 cm³/mol. The average Bonchev–Trinajstić information content (AvgIpc) is 3.34. The Morgan fingerprint density at radius 2 is 1.81 bits per heavy atom. The molecule has 32 heavy (non-hydrogen) atoms. The minimum Gasteiger partial charge on any atom is -0.457 e. The van der Waals surface area contributed by atoms with Gasteiger partial charge in [0.15, 0.2) is 12.4 Å². The van der Waals surface area contributed by atoms with E-state index >= 15 is 0 Å². The minimum absolute atomic E-state index is 0.171. The third-order valence-corrected chi connectivity index (χ3v) is 9.12. The monoisotopic (exact) mass is 533 g/mol. The fraction of sp³-hybridized carbons (Fsp3) is 0.217. The van der Waals surface area contributed by atoms with Crippen molar-refractivity contribution in [3.63, 3.8) is 0 Å². The fourth-order valence-electron chi connectivity index (χ4n) is 3.74. The number of ether oxygens (including phenoxy) is 1. The second-order valence-corrected chi connectivity index (χ2v) is 11.3. The van der Waals surface area contributed by atoms with Gasteiger partial charge in [-0.05, 0) is 41.1 Å². The normalized spacial score (nSPS) is 16.3. The van der Waals surface area contributed by atoms with Gasteiger partial charge in [-0.25, -0.2) is 8.42 Å². The lowest BCUT2D eigenvalue weighted by Gasteiger charge is -2.35. The van der Waals surface area contributed by atoms with Gasteiger partial charge in [0, 0.05) is 16.6 Å². The molecule has 166 valence electrons. The molecule has 1 aromatic heterocycles. The van der Waals surface area contributed by atoms with Crippen molar-refractivity contribution < 1.29 is 22.7 Å². The van der Waals surface area contributed by atoms with Crippen molar-refractivity contribution in [2.24, 2.45) is 0 Å². The molecule has 0 bridgehead atoms. The van der Waals surface area contributed by atoms with Crippen LogP contribution in [0, 0.1) is 0 Å². The quantitative estimate of drug-likeness (QED) is 0.327. The highest BCUT2D eigenvalue weighted by Crippen LogP contribution is 2.37. The van der Waals surface area contributed by atoms with E-state index in [4.69, 9.17) is 4.74 Å². The summed E-state index contributed by atoms with van der Waals surface area (Å²) in [6.07, 6.45) is 0.392. The first-order valence-corrected chi connectivity index (χ1v) is 13.0. The summed E-state index contributed by atoms with van der Waals surface area (Å²) < 4.78 is 34.2. The van der Waals surface area contributed by atoms with Crippen LogP contribution < -0.4 is 0 Å². The molecule has 0 radical (unpaired) electrons. The molecule has 1 aliphatic heterocycles. The molecule has 0 amide bonds. The Hall–Kier alpha value is -2.33. The average molecular weight is 534 g/mol. The zero-order valence-corrected chi connectivity index (χ0v) is 20.2. The summed E-state index contributed by atoms with van der Waals surface area (Å²) in [6, 6.07) is 16.8. The van der Waals surface area contributed by atoms with E-state index < -0.39 is 28.6 Å². The second kappa shape index (κ2) is 9.66. The molecule has 6 nitrogen and oxygen atoms in total. The van der Waals surface area contributed by atoms with E-state index in [1.807, 2.05) is 24.3 Å². The van der Waals surface area contributed by atoms with Crippen LogP contribution in [-0.4, -0.2) is 37.6 Å². The largest absolute Gasteiger partial charge is 0.457 e. The first kappa shape index (κ1) is 22.8. The molecular formula is C23H20BrNO5S2. The van der Waals surface area contributed by atoms with Crippen LogP contribution in [0.5, 0.6) is 0 Å². The van der Waals surface area contributed by atoms with Crippen LogP contribution in [0.4, 0.5) is 0 Å². The van der Waals surface area contributed by atoms with Gasteiger partial charge < -0.3 is 4.74 Å². The lowest BCUT2D eigenvalue weighted by Crippen LogP contribution is -2.41. The molecule has 1 aliphatic rings. The van der Waals surface area contributed by atoms with E-state index in [0.717, 1.165) is 26.9 Å². The molecule has 0 saturated carbocycles. The number of rotatable bonds is 7. The molecule has 0 aliphatic carbocycles. The standard InChI is InChI=1S/C23H20BrNO5S2/c24-18-9-7-17(8-10-18)21(26)15-30-22(27)14-20-19-5-2-1-4-16(19)11-12-25(20)32(28,29)23-6-3-13-31-23/h1-10,13,20H,11-12,14-15H2. The Balaban J connectivity index is 1.52. The maximum absolute atomic E-state index is 13.3. The molecule has 0 spiro atoms. The number of sulfonamides is 1. The Morgan fingerprint density at radius 3 is 2.53 bits per heavy atom. The number of fused-ring (bicyclic) bond motifs is 1. The first-order valence-electron chi connectivity index (χ1n) is 9.94. The number of Topliss-reactive ketones (excluding diaryl/α,β-unsaturated/α-hetero) is 1. The topological polar surface area (TPSA) is 80.8 Å². The molecule has 3 aromatic rings. The van der Waals surface area contributed by atoms with Gasteiger partial charge in [0.2, 0.25) is 0 Å². The summed E-state index contributed by atoms with van der Waals surface area (Å²) in [5.74, 6) is -0.943. The molecule has 0 saturated heterocycles. The molecule has 1 unspecified atom stereocenters. The SMILES string of the molecule is O=C(CC1c2ccccc2CCN1S(=O)(=O)c1cccs1)OCC(=O)c1ccc(Br)cc1. The lowest BCUT2D eigenvalue weighted by atomic mass is 9.92. The summed E-state index contributed by atoms with van der Waals surface area (Å²) in [6.45, 7) is -0.125. The van der Waals surface area contributed by atoms with E-state index in [2.05, 4.69) is 15.9 Å². The van der Waals surface area contributed by atoms with Gasteiger partial charge in [-0.3, -0.25) is 9.59 Å². The van der Waals surface area contributed by atoms with Crippen LogP contribution >= 0.6 is 27.3 Å². The van der Waals surface area contributed by atoms with Crippen LogP contribution in [0.15, 0.2) is 74.7 Å². The molecule has 9 heteroatoms. The Labute approximate surface area is 199 Å². The number of nitrogens with zero attached hydrogens (tertiary/aromatic N) is 1. The molecule has 4 rings (SSSR count). The van der Waals surface area contributed by atoms with E-state index in [0.29, 0.717) is 12.0 Å². The van der Waals surface area contributed by atoms with Gasteiger partial charge in [-0.1, -0.05) is 58.4 Å². The predicted octanol–water partition coefficient (Wildman–Crippen LogP) is 4.61. The second-order valence-electron chi connectivity index (χ2n) is 7.31. The smallest absolute Gasteiger partial charge is 0.308 e. The summed E-state index contributed by atoms with van der Waals surface area (Å²) in [4.78, 5) is 25.0. The van der Waals surface area contributed by atoms with Crippen molar-refractivity contribution in [1.29, 1.82) is 0 Å². The van der Waals surface area contributed by atoms with Crippen LogP contribution in [0.2, 0.25) is 0 Å². The third kappa shape index (κ3) is 4.85. The van der Waals surface area contributed by atoms with Crippen molar-refractivity contribution in [3.8, 4) is 0 Å². The molecule has 0 N–H and O–H groups in total. The Morgan fingerprint density at radius 1 is 1.06 bits per heavy atom. The van der Waals surface area contributed by atoms with E-state index in [1.54, 1.807) is 41.8 Å². The van der Waals surface area contributed by atoms with E-state index in [9.17, 15) is 18.0 Å². The summed E-state index contributed by atoms with van der Waals surface area (Å²) >= 11 is 4.46. The first-order chi connectivity index (χ1) is 15.4. The maximum Gasteiger partial charge on any atom is 0.308 e. The lowest BCUT2D eigenvalue weighted by molar-refractivity contribution is -0.143. The van der Waals surface area contributed by atoms with Crippen LogP contribution in [0.1, 0.15) is 33.9 Å². The molecule has 2 heterocycles. The van der Waals surface area contributed by atoms with Gasteiger partial charge in [0.25, 0.3) is 10.0 Å². The number of hydrogen-bond acceptors (Lipinski definition) is 6. The third-order valence-electron chi connectivity index (χ3n) is 5.31. The number of esters is 1. The van der Waals surface area contributed by atoms with Crippen molar-refractivity contribution in [2.75, 3.05) is 13.2 Å². The van der Waals surface area contributed by atoms with Crippen LogP contribution in [0.3, 0.4) is 0 Å². The summed E-state index contributed by atoms with van der Waals surface area (Å²) in [5, 5.41) is 1.71. The number of hydrogen-bond donors (Lipinski definition) is 0. The molecule has 2 aromatic carbocycles. The summed E-state index contributed by atoms with van der Waals surface area (Å²) in [5.41, 5.74) is 2.23. The van der Waals surface area contributed by atoms with Gasteiger partial charge in [0.05, 0.1) is 12.5 Å². The zero-order valence-electron chi connectivity index (χ0n) is 16.9. The minimum atomic E-state index is -3.76. The number of carbonyl (C=O) groups is 2. The van der Waals surface area contributed by atoms with Crippen LogP contribution in [0.25, 0.3) is 0 Å². The van der Waals surface area contributed by atoms with Crippen molar-refractivity contribution >= 4 is 49.0 Å². The highest BCUT2D eigenvalue weighted by atomic mass is 79.9. The van der Waals surface area contributed by atoms with E-state index in [1.165, 1.54) is 4.31 Å². The number of thiophene rings is 1. The molecule has 1 atom stereocenters. The van der Waals surface area contributed by atoms with Crippen molar-refractivity contribution in [1.82, 2.24) is 4.31 Å². The van der Waals surface area contributed by atoms with Crippen molar-refractivity contribution in [3.05, 3.63) is 87.2 Å². The number of carbonyl (C=O) groups excluding carboxylic acids is 2. The fourth-order valence-corrected chi connectivity index (χ4v) is 6.73. The number of halogens is 1.